The van der Waals surface area contributed by atoms with Crippen LogP contribution in [0.25, 0.3) is 22.3 Å². The Kier molecular flexibility index (Phi) is 3.77. The van der Waals surface area contributed by atoms with Crippen molar-refractivity contribution in [3.8, 4) is 11.4 Å². The molecule has 1 N–H and O–H groups in total. The quantitative estimate of drug-likeness (QED) is 0.791. The molecule has 4 nitrogen and oxygen atoms in total. The van der Waals surface area contributed by atoms with Crippen LogP contribution in [0.1, 0.15) is 19.5 Å². The Morgan fingerprint density at radius 1 is 1.05 bits per heavy atom. The first-order valence-electron chi connectivity index (χ1n) is 7.27. The summed E-state index contributed by atoms with van der Waals surface area (Å²) in [6.07, 6.45) is 2.69. The average molecular weight is 278 g/mol. The van der Waals surface area contributed by atoms with Gasteiger partial charge in [0.15, 0.2) is 5.82 Å². The predicted octanol–water partition coefficient (Wildman–Crippen LogP) is 3.69. The minimum Gasteiger partial charge on any atom is -0.370 e. The van der Waals surface area contributed by atoms with Gasteiger partial charge in [0.25, 0.3) is 0 Å². The van der Waals surface area contributed by atoms with Gasteiger partial charge in [-0.2, -0.15) is 0 Å². The van der Waals surface area contributed by atoms with Gasteiger partial charge in [-0.25, -0.2) is 9.97 Å². The predicted molar refractivity (Wildman–Crippen MR) is 86.3 cm³/mol. The normalized spacial score (nSPS) is 10.8. The molecule has 0 unspecified atom stereocenters. The molecule has 1 aromatic carbocycles. The van der Waals surface area contributed by atoms with E-state index in [-0.39, 0.29) is 0 Å². The van der Waals surface area contributed by atoms with Crippen LogP contribution in [0.15, 0.2) is 42.6 Å². The van der Waals surface area contributed by atoms with Gasteiger partial charge in [0.2, 0.25) is 0 Å². The zero-order valence-corrected chi connectivity index (χ0v) is 12.3. The summed E-state index contributed by atoms with van der Waals surface area (Å²) in [7, 11) is 0. The third-order valence-electron chi connectivity index (χ3n) is 3.37. The molecule has 0 saturated heterocycles. The summed E-state index contributed by atoms with van der Waals surface area (Å²) in [5.74, 6) is 1.60. The lowest BCUT2D eigenvalue weighted by atomic mass is 10.1. The number of nitrogens with one attached hydrogen (secondary N) is 1. The van der Waals surface area contributed by atoms with E-state index in [0.717, 1.165) is 46.8 Å². The number of pyridine rings is 1. The molecule has 4 heteroatoms. The molecule has 0 aliphatic heterocycles. The van der Waals surface area contributed by atoms with Crippen molar-refractivity contribution in [3.05, 3.63) is 48.3 Å². The van der Waals surface area contributed by atoms with E-state index < -0.39 is 0 Å². The molecule has 0 amide bonds. The van der Waals surface area contributed by atoms with Gasteiger partial charge in [-0.15, -0.1) is 0 Å². The van der Waals surface area contributed by atoms with E-state index in [1.54, 1.807) is 6.20 Å². The molecule has 21 heavy (non-hydrogen) atoms. The van der Waals surface area contributed by atoms with Gasteiger partial charge in [-0.3, -0.25) is 4.98 Å². The lowest BCUT2D eigenvalue weighted by Crippen LogP contribution is -2.04. The smallest absolute Gasteiger partial charge is 0.163 e. The van der Waals surface area contributed by atoms with Gasteiger partial charge in [-0.05, 0) is 25.5 Å². The summed E-state index contributed by atoms with van der Waals surface area (Å²) in [5.41, 5.74) is 2.95. The second-order valence-electron chi connectivity index (χ2n) is 4.83. The summed E-state index contributed by atoms with van der Waals surface area (Å²) in [5, 5.41) is 4.37. The number of hydrogen-bond donors (Lipinski definition) is 1. The van der Waals surface area contributed by atoms with Crippen LogP contribution in [0.2, 0.25) is 0 Å². The number of nitrogens with zero attached hydrogens (tertiary/aromatic N) is 3. The van der Waals surface area contributed by atoms with Crippen molar-refractivity contribution in [1.29, 1.82) is 0 Å². The number of rotatable bonds is 4. The number of aromatic nitrogens is 3. The fourth-order valence-corrected chi connectivity index (χ4v) is 2.36. The summed E-state index contributed by atoms with van der Waals surface area (Å²) < 4.78 is 0. The molecule has 3 aromatic rings. The van der Waals surface area contributed by atoms with E-state index in [1.807, 2.05) is 24.3 Å². The molecular weight excluding hydrogens is 260 g/mol. The highest BCUT2D eigenvalue weighted by atomic mass is 15.0. The standard InChI is InChI=1S/C17H18N4/c1-3-13-11-15(18-4-2)21-17(20-13)14-9-5-7-12-8-6-10-19-16(12)14/h5-11H,3-4H2,1-2H3,(H,18,20,21). The number of hydrogen-bond acceptors (Lipinski definition) is 4. The Balaban J connectivity index is 2.20. The van der Waals surface area contributed by atoms with E-state index in [2.05, 4.69) is 46.2 Å². The summed E-state index contributed by atoms with van der Waals surface area (Å²) in [6.45, 7) is 5.00. The molecule has 0 aliphatic carbocycles. The van der Waals surface area contributed by atoms with Crippen molar-refractivity contribution in [3.63, 3.8) is 0 Å². The van der Waals surface area contributed by atoms with Gasteiger partial charge >= 0.3 is 0 Å². The maximum absolute atomic E-state index is 4.66. The third-order valence-corrected chi connectivity index (χ3v) is 3.37. The summed E-state index contributed by atoms with van der Waals surface area (Å²) >= 11 is 0. The molecule has 0 spiro atoms. The molecule has 106 valence electrons. The van der Waals surface area contributed by atoms with Crippen LogP contribution >= 0.6 is 0 Å². The molecule has 0 bridgehead atoms. The highest BCUT2D eigenvalue weighted by Crippen LogP contribution is 2.25. The minimum absolute atomic E-state index is 0.731. The van der Waals surface area contributed by atoms with Crippen LogP contribution < -0.4 is 5.32 Å². The molecule has 0 fully saturated rings. The van der Waals surface area contributed by atoms with Crippen LogP contribution in [0, 0.1) is 0 Å². The Morgan fingerprint density at radius 3 is 2.71 bits per heavy atom. The number of para-hydroxylation sites is 1. The second-order valence-corrected chi connectivity index (χ2v) is 4.83. The van der Waals surface area contributed by atoms with E-state index >= 15 is 0 Å². The van der Waals surface area contributed by atoms with Crippen molar-refractivity contribution in [1.82, 2.24) is 15.0 Å². The van der Waals surface area contributed by atoms with E-state index in [9.17, 15) is 0 Å². The van der Waals surface area contributed by atoms with Crippen LogP contribution in [0.5, 0.6) is 0 Å². The molecule has 2 heterocycles. The van der Waals surface area contributed by atoms with Gasteiger partial charge in [0.1, 0.15) is 5.82 Å². The molecule has 0 saturated carbocycles. The molecule has 0 atom stereocenters. The SMILES string of the molecule is CCNc1cc(CC)nc(-c2cccc3cccnc23)n1. The molecule has 0 aliphatic rings. The largest absolute Gasteiger partial charge is 0.370 e. The fourth-order valence-electron chi connectivity index (χ4n) is 2.36. The summed E-state index contributed by atoms with van der Waals surface area (Å²) in [4.78, 5) is 13.8. The highest BCUT2D eigenvalue weighted by molar-refractivity contribution is 5.91. The zero-order valence-electron chi connectivity index (χ0n) is 12.3. The molecular formula is C17H18N4. The first-order chi connectivity index (χ1) is 10.3. The van der Waals surface area contributed by atoms with Crippen LogP contribution in [0.3, 0.4) is 0 Å². The summed E-state index contributed by atoms with van der Waals surface area (Å²) in [6, 6.07) is 12.1. The third kappa shape index (κ3) is 2.70. The Bertz CT molecular complexity index is 762. The van der Waals surface area contributed by atoms with E-state index in [4.69, 9.17) is 0 Å². The van der Waals surface area contributed by atoms with Crippen molar-refractivity contribution >= 4 is 16.7 Å². The maximum atomic E-state index is 4.66. The monoisotopic (exact) mass is 278 g/mol. The topological polar surface area (TPSA) is 50.7 Å². The molecule has 3 rings (SSSR count). The highest BCUT2D eigenvalue weighted by Gasteiger charge is 2.10. The minimum atomic E-state index is 0.731. The number of anilines is 1. The Labute approximate surface area is 124 Å². The fraction of sp³-hybridized carbons (Fsp3) is 0.235. The number of fused-ring (bicyclic) bond motifs is 1. The van der Waals surface area contributed by atoms with Crippen LogP contribution in [0.4, 0.5) is 5.82 Å². The van der Waals surface area contributed by atoms with E-state index in [0.29, 0.717) is 0 Å². The zero-order chi connectivity index (χ0) is 14.7. The van der Waals surface area contributed by atoms with Gasteiger partial charge in [0.05, 0.1) is 5.52 Å². The van der Waals surface area contributed by atoms with E-state index in [1.165, 1.54) is 0 Å². The van der Waals surface area contributed by atoms with Gasteiger partial charge < -0.3 is 5.32 Å². The van der Waals surface area contributed by atoms with Crippen LogP contribution in [-0.2, 0) is 6.42 Å². The van der Waals surface area contributed by atoms with Crippen molar-refractivity contribution in [2.24, 2.45) is 0 Å². The second kappa shape index (κ2) is 5.87. The number of benzene rings is 1. The molecule has 0 radical (unpaired) electrons. The maximum Gasteiger partial charge on any atom is 0.163 e. The first kappa shape index (κ1) is 13.5. The van der Waals surface area contributed by atoms with Gasteiger partial charge in [0, 0.05) is 35.5 Å². The first-order valence-corrected chi connectivity index (χ1v) is 7.27. The lowest BCUT2D eigenvalue weighted by molar-refractivity contribution is 0.999. The van der Waals surface area contributed by atoms with Crippen molar-refractivity contribution in [2.75, 3.05) is 11.9 Å². The average Bonchev–Trinajstić information content (AvgIpc) is 2.54. The Morgan fingerprint density at radius 2 is 1.90 bits per heavy atom. The lowest BCUT2D eigenvalue weighted by Gasteiger charge is -2.09. The van der Waals surface area contributed by atoms with Gasteiger partial charge in [-0.1, -0.05) is 25.1 Å². The van der Waals surface area contributed by atoms with Crippen LogP contribution in [-0.4, -0.2) is 21.5 Å². The molecule has 2 aromatic heterocycles. The van der Waals surface area contributed by atoms with Crippen molar-refractivity contribution in [2.45, 2.75) is 20.3 Å². The Hall–Kier alpha value is -2.49. The van der Waals surface area contributed by atoms with Crippen molar-refractivity contribution < 1.29 is 0 Å². The number of aryl methyl sites for hydroxylation is 1.